The minimum atomic E-state index is -1.02. The van der Waals surface area contributed by atoms with Crippen LogP contribution >= 0.6 is 0 Å². The number of carbonyl (C=O) groups is 3. The number of quaternary nitrogens is 1. The number of carbonyl (C=O) groups excluding carboxylic acids is 3. The molecule has 3 N–H and O–H groups in total. The average Bonchev–Trinajstić information content (AvgIpc) is 3.29. The summed E-state index contributed by atoms with van der Waals surface area (Å²) in [6.07, 6.45) is 0.622. The highest BCUT2D eigenvalue weighted by molar-refractivity contribution is 6.13. The van der Waals surface area contributed by atoms with Gasteiger partial charge in [-0.05, 0) is 18.1 Å². The van der Waals surface area contributed by atoms with Crippen molar-refractivity contribution in [1.29, 1.82) is 0 Å². The Balaban J connectivity index is 1.47. The molecule has 0 radical (unpaired) electrons. The molecule has 3 aliphatic heterocycles. The quantitative estimate of drug-likeness (QED) is 0.768. The molecule has 0 bridgehead atoms. The molecule has 3 heterocycles. The Morgan fingerprint density at radius 3 is 2.56 bits per heavy atom. The summed E-state index contributed by atoms with van der Waals surface area (Å²) < 4.78 is 0. The van der Waals surface area contributed by atoms with E-state index < -0.39 is 17.4 Å². The largest absolute Gasteiger partial charge is 0.328 e. The fraction of sp³-hybridized carbons (Fsp3) is 0.286. The van der Waals surface area contributed by atoms with Crippen LogP contribution in [0.5, 0.6) is 0 Å². The third-order valence-electron chi connectivity index (χ3n) is 6.17. The number of anilines is 1. The van der Waals surface area contributed by atoms with Crippen molar-refractivity contribution in [2.75, 3.05) is 18.4 Å². The van der Waals surface area contributed by atoms with Crippen molar-refractivity contribution in [3.05, 3.63) is 65.7 Å². The summed E-state index contributed by atoms with van der Waals surface area (Å²) in [6, 6.07) is 17.3. The lowest BCUT2D eigenvalue weighted by Crippen LogP contribution is -2.95. The molecule has 5 rings (SSSR count). The summed E-state index contributed by atoms with van der Waals surface area (Å²) in [5.41, 5.74) is 1.62. The van der Waals surface area contributed by atoms with Gasteiger partial charge in [-0.15, -0.1) is 0 Å². The minimum Gasteiger partial charge on any atom is -0.328 e. The molecule has 1 spiro atoms. The predicted octanol–water partition coefficient (Wildman–Crippen LogP) is 0.255. The Kier molecular flexibility index (Phi) is 3.45. The molecule has 136 valence electrons. The first kappa shape index (κ1) is 16.2. The van der Waals surface area contributed by atoms with E-state index >= 15 is 0 Å². The van der Waals surface area contributed by atoms with Crippen LogP contribution in [0, 0.1) is 11.8 Å². The second kappa shape index (κ2) is 5.76. The topological polar surface area (TPSA) is 83.1 Å². The summed E-state index contributed by atoms with van der Waals surface area (Å²) in [5, 5.41) is 4.78. The molecule has 6 nitrogen and oxygen atoms in total. The van der Waals surface area contributed by atoms with Crippen molar-refractivity contribution in [3.8, 4) is 0 Å². The summed E-state index contributed by atoms with van der Waals surface area (Å²) in [5.74, 6) is -1.63. The molecule has 0 unspecified atom stereocenters. The second-order valence-electron chi connectivity index (χ2n) is 7.46. The Morgan fingerprint density at radius 1 is 1.00 bits per heavy atom. The molecule has 6 heteroatoms. The number of nitrogens with two attached hydrogens (primary N) is 1. The van der Waals surface area contributed by atoms with Gasteiger partial charge in [-0.3, -0.25) is 19.3 Å². The number of nitrogens with zero attached hydrogens (tertiary/aromatic N) is 1. The molecular weight excluding hydrogens is 342 g/mol. The van der Waals surface area contributed by atoms with Gasteiger partial charge in [0.05, 0.1) is 12.2 Å². The van der Waals surface area contributed by atoms with Crippen LogP contribution in [0.4, 0.5) is 5.69 Å². The number of para-hydroxylation sites is 1. The van der Waals surface area contributed by atoms with E-state index in [4.69, 9.17) is 0 Å². The summed E-state index contributed by atoms with van der Waals surface area (Å²) in [7, 11) is 0. The lowest BCUT2D eigenvalue weighted by atomic mass is 9.77. The van der Waals surface area contributed by atoms with E-state index in [1.165, 1.54) is 4.90 Å². The van der Waals surface area contributed by atoms with Crippen LogP contribution in [0.25, 0.3) is 0 Å². The van der Waals surface area contributed by atoms with E-state index in [1.807, 2.05) is 59.9 Å². The first-order chi connectivity index (χ1) is 13.1. The van der Waals surface area contributed by atoms with Gasteiger partial charge in [0.2, 0.25) is 17.4 Å². The zero-order valence-corrected chi connectivity index (χ0v) is 14.7. The maximum atomic E-state index is 13.2. The fourth-order valence-electron chi connectivity index (χ4n) is 4.90. The van der Waals surface area contributed by atoms with E-state index in [2.05, 4.69) is 5.32 Å². The molecule has 2 aromatic carbocycles. The minimum absolute atomic E-state index is 0.147. The van der Waals surface area contributed by atoms with Gasteiger partial charge in [0, 0.05) is 12.1 Å². The van der Waals surface area contributed by atoms with Crippen LogP contribution in [0.15, 0.2) is 54.6 Å². The van der Waals surface area contributed by atoms with Crippen molar-refractivity contribution in [2.45, 2.75) is 12.0 Å². The van der Waals surface area contributed by atoms with E-state index in [-0.39, 0.29) is 17.7 Å². The Morgan fingerprint density at radius 2 is 1.74 bits per heavy atom. The SMILES string of the molecule is O=C1[C@@H]2[C@@H](C[NH2+][C@]23C(=O)Nc2ccccc23)C(=O)N1CCc1ccccc1. The van der Waals surface area contributed by atoms with Gasteiger partial charge in [0.15, 0.2) is 0 Å². The molecule has 0 saturated carbocycles. The third kappa shape index (κ3) is 2.13. The van der Waals surface area contributed by atoms with Crippen LogP contribution in [0.3, 0.4) is 0 Å². The number of imide groups is 1. The fourth-order valence-corrected chi connectivity index (χ4v) is 4.90. The molecule has 2 saturated heterocycles. The number of rotatable bonds is 3. The highest BCUT2D eigenvalue weighted by Crippen LogP contribution is 2.47. The highest BCUT2D eigenvalue weighted by Gasteiger charge is 2.71. The average molecular weight is 362 g/mol. The molecule has 3 aliphatic rings. The third-order valence-corrected chi connectivity index (χ3v) is 6.17. The zero-order chi connectivity index (χ0) is 18.6. The van der Waals surface area contributed by atoms with E-state index in [1.54, 1.807) is 0 Å². The van der Waals surface area contributed by atoms with Crippen molar-refractivity contribution in [2.24, 2.45) is 11.8 Å². The Labute approximate surface area is 156 Å². The number of hydrogen-bond donors (Lipinski definition) is 2. The van der Waals surface area contributed by atoms with Gasteiger partial charge >= 0.3 is 0 Å². The summed E-state index contributed by atoms with van der Waals surface area (Å²) in [6.45, 7) is 0.812. The predicted molar refractivity (Wildman–Crippen MR) is 97.4 cm³/mol. The van der Waals surface area contributed by atoms with Crippen LogP contribution in [-0.4, -0.2) is 35.7 Å². The number of amides is 3. The van der Waals surface area contributed by atoms with Gasteiger partial charge in [-0.1, -0.05) is 48.5 Å². The molecular formula is C21H20N3O3+. The summed E-state index contributed by atoms with van der Waals surface area (Å²) in [4.78, 5) is 40.4. The number of nitrogens with one attached hydrogen (secondary N) is 1. The molecule has 0 aliphatic carbocycles. The Bertz CT molecular complexity index is 958. The van der Waals surface area contributed by atoms with Crippen LogP contribution < -0.4 is 10.6 Å². The lowest BCUT2D eigenvalue weighted by molar-refractivity contribution is -0.704. The number of fused-ring (bicyclic) bond motifs is 4. The smallest absolute Gasteiger partial charge is 0.291 e. The van der Waals surface area contributed by atoms with Crippen molar-refractivity contribution in [3.63, 3.8) is 0 Å². The van der Waals surface area contributed by atoms with Crippen molar-refractivity contribution in [1.82, 2.24) is 4.90 Å². The molecule has 27 heavy (non-hydrogen) atoms. The molecule has 2 aromatic rings. The van der Waals surface area contributed by atoms with Crippen LogP contribution in [0.1, 0.15) is 11.1 Å². The highest BCUT2D eigenvalue weighted by atomic mass is 16.2. The number of likely N-dealkylation sites (tertiary alicyclic amines) is 1. The van der Waals surface area contributed by atoms with Gasteiger partial charge in [-0.25, -0.2) is 0 Å². The lowest BCUT2D eigenvalue weighted by Gasteiger charge is -2.25. The van der Waals surface area contributed by atoms with Crippen LogP contribution in [-0.2, 0) is 26.3 Å². The van der Waals surface area contributed by atoms with E-state index in [0.717, 1.165) is 16.8 Å². The maximum Gasteiger partial charge on any atom is 0.291 e. The first-order valence-electron chi connectivity index (χ1n) is 9.27. The zero-order valence-electron chi connectivity index (χ0n) is 14.7. The van der Waals surface area contributed by atoms with Gasteiger partial charge < -0.3 is 10.6 Å². The Hall–Kier alpha value is -2.99. The van der Waals surface area contributed by atoms with Crippen molar-refractivity contribution < 1.29 is 19.7 Å². The number of hydrogen-bond acceptors (Lipinski definition) is 3. The standard InChI is InChI=1S/C21H19N3O3/c25-18-14-12-22-21(15-8-4-5-9-16(15)23-20(21)27)17(14)19(26)24(18)11-10-13-6-2-1-3-7-13/h1-9,14,17,22H,10-12H2,(H,23,27)/p+1/t14-,17+,21+/m1/s1. The molecule has 0 aromatic heterocycles. The van der Waals surface area contributed by atoms with E-state index in [9.17, 15) is 14.4 Å². The normalized spacial score (nSPS) is 28.6. The molecule has 3 amide bonds. The molecule has 3 atom stereocenters. The monoisotopic (exact) mass is 362 g/mol. The van der Waals surface area contributed by atoms with Gasteiger partial charge in [0.1, 0.15) is 11.8 Å². The molecule has 2 fully saturated rings. The number of benzene rings is 2. The maximum absolute atomic E-state index is 13.2. The first-order valence-corrected chi connectivity index (χ1v) is 9.27. The summed E-state index contributed by atoms with van der Waals surface area (Å²) >= 11 is 0. The van der Waals surface area contributed by atoms with Gasteiger partial charge in [0.25, 0.3) is 5.91 Å². The van der Waals surface area contributed by atoms with E-state index in [0.29, 0.717) is 19.5 Å². The van der Waals surface area contributed by atoms with Crippen molar-refractivity contribution >= 4 is 23.4 Å². The second-order valence-corrected chi connectivity index (χ2v) is 7.46. The van der Waals surface area contributed by atoms with Crippen LogP contribution in [0.2, 0.25) is 0 Å². The van der Waals surface area contributed by atoms with Gasteiger partial charge in [-0.2, -0.15) is 0 Å².